The predicted octanol–water partition coefficient (Wildman–Crippen LogP) is 2.24. The summed E-state index contributed by atoms with van der Waals surface area (Å²) >= 11 is 1.25. The minimum atomic E-state index is -0.338. The molecular weight excluding hydrogens is 456 g/mol. The van der Waals surface area contributed by atoms with Crippen molar-refractivity contribution in [3.8, 4) is 5.75 Å². The van der Waals surface area contributed by atoms with Gasteiger partial charge in [-0.1, -0.05) is 18.3 Å². The molecule has 0 unspecified atom stereocenters. The summed E-state index contributed by atoms with van der Waals surface area (Å²) in [5, 5.41) is 6.40. The number of carbonyl (C=O) groups excluding carboxylic acids is 2. The lowest BCUT2D eigenvalue weighted by molar-refractivity contribution is -0.125. The molecule has 1 fully saturated rings. The third kappa shape index (κ3) is 5.36. The summed E-state index contributed by atoms with van der Waals surface area (Å²) in [5.74, 6) is 0.316. The monoisotopic (exact) mass is 484 g/mol. The maximum atomic E-state index is 13.0. The van der Waals surface area contributed by atoms with E-state index in [1.54, 1.807) is 31.4 Å². The Morgan fingerprint density at radius 2 is 2.06 bits per heavy atom. The highest BCUT2D eigenvalue weighted by atomic mass is 32.1. The van der Waals surface area contributed by atoms with Gasteiger partial charge in [-0.25, -0.2) is 4.98 Å². The molecule has 1 saturated heterocycles. The van der Waals surface area contributed by atoms with Gasteiger partial charge in [0.25, 0.3) is 5.56 Å². The van der Waals surface area contributed by atoms with Crippen LogP contribution in [0.1, 0.15) is 26.2 Å². The van der Waals surface area contributed by atoms with Gasteiger partial charge in [0.2, 0.25) is 11.8 Å². The Hall–Kier alpha value is -3.47. The zero-order chi connectivity index (χ0) is 24.1. The Balaban J connectivity index is 1.46. The lowest BCUT2D eigenvalue weighted by Crippen LogP contribution is -2.43. The van der Waals surface area contributed by atoms with Gasteiger partial charge in [-0.2, -0.15) is 4.98 Å². The summed E-state index contributed by atoms with van der Waals surface area (Å²) in [6, 6.07) is 6.94. The smallest absolute Gasteiger partial charge is 0.273 e. The van der Waals surface area contributed by atoms with Crippen LogP contribution in [0.5, 0.6) is 5.75 Å². The van der Waals surface area contributed by atoms with E-state index in [2.05, 4.69) is 20.6 Å². The molecular formula is C23H28N6O4S. The molecule has 0 spiro atoms. The quantitative estimate of drug-likeness (QED) is 0.503. The second kappa shape index (κ2) is 10.6. The third-order valence-corrected chi connectivity index (χ3v) is 6.77. The molecule has 2 aromatic heterocycles. The van der Waals surface area contributed by atoms with Gasteiger partial charge in [0.1, 0.15) is 23.3 Å². The van der Waals surface area contributed by atoms with Crippen molar-refractivity contribution in [3.05, 3.63) is 40.9 Å². The predicted molar refractivity (Wildman–Crippen MR) is 132 cm³/mol. The van der Waals surface area contributed by atoms with Crippen LogP contribution in [0.4, 0.5) is 10.8 Å². The Morgan fingerprint density at radius 3 is 2.79 bits per heavy atom. The first kappa shape index (κ1) is 23.7. The second-order valence-corrected chi connectivity index (χ2v) is 9.16. The topological polar surface area (TPSA) is 118 Å². The van der Waals surface area contributed by atoms with Crippen molar-refractivity contribution in [2.45, 2.75) is 32.7 Å². The number of hydrogen-bond donors (Lipinski definition) is 2. The molecule has 1 aliphatic heterocycles. The molecule has 4 rings (SSSR count). The number of benzene rings is 1. The number of nitrogens with one attached hydrogen (secondary N) is 2. The van der Waals surface area contributed by atoms with E-state index in [0.717, 1.165) is 25.8 Å². The van der Waals surface area contributed by atoms with E-state index < -0.39 is 0 Å². The average Bonchev–Trinajstić information content (AvgIpc) is 3.30. The van der Waals surface area contributed by atoms with Gasteiger partial charge in [0.05, 0.1) is 13.0 Å². The van der Waals surface area contributed by atoms with E-state index >= 15 is 0 Å². The highest BCUT2D eigenvalue weighted by Crippen LogP contribution is 2.29. The molecule has 3 heterocycles. The number of carbonyl (C=O) groups is 2. The van der Waals surface area contributed by atoms with E-state index in [4.69, 9.17) is 4.74 Å². The number of anilines is 2. The van der Waals surface area contributed by atoms with E-state index in [9.17, 15) is 14.4 Å². The molecule has 0 radical (unpaired) electrons. The highest BCUT2D eigenvalue weighted by Gasteiger charge is 2.27. The number of amides is 2. The molecule has 0 aliphatic carbocycles. The van der Waals surface area contributed by atoms with Crippen molar-refractivity contribution in [2.75, 3.05) is 37.0 Å². The van der Waals surface area contributed by atoms with Crippen molar-refractivity contribution in [3.63, 3.8) is 0 Å². The average molecular weight is 485 g/mol. The maximum absolute atomic E-state index is 13.0. The fourth-order valence-corrected chi connectivity index (χ4v) is 4.87. The normalized spacial score (nSPS) is 15.8. The number of hydrogen-bond acceptors (Lipinski definition) is 8. The van der Waals surface area contributed by atoms with Gasteiger partial charge in [-0.15, -0.1) is 0 Å². The Labute approximate surface area is 201 Å². The highest BCUT2D eigenvalue weighted by molar-refractivity contribution is 7.22. The summed E-state index contributed by atoms with van der Waals surface area (Å²) in [7, 11) is 1.57. The third-order valence-electron chi connectivity index (χ3n) is 5.67. The van der Waals surface area contributed by atoms with Crippen LogP contribution < -0.4 is 25.8 Å². The number of rotatable bonds is 8. The molecule has 1 atom stereocenters. The summed E-state index contributed by atoms with van der Waals surface area (Å²) in [6.45, 7) is 3.87. The first-order valence-electron chi connectivity index (χ1n) is 11.3. The molecule has 2 amide bonds. The largest absolute Gasteiger partial charge is 0.497 e. The zero-order valence-electron chi connectivity index (χ0n) is 19.2. The van der Waals surface area contributed by atoms with Crippen LogP contribution in [0.15, 0.2) is 35.4 Å². The molecule has 3 aromatic rings. The zero-order valence-corrected chi connectivity index (χ0v) is 20.1. The number of aromatic nitrogens is 3. The Morgan fingerprint density at radius 1 is 1.26 bits per heavy atom. The number of ether oxygens (including phenoxy) is 1. The van der Waals surface area contributed by atoms with E-state index in [1.807, 2.05) is 11.8 Å². The second-order valence-electron chi connectivity index (χ2n) is 8.18. The number of nitrogens with zero attached hydrogens (tertiary/aromatic N) is 4. The van der Waals surface area contributed by atoms with Crippen LogP contribution in [-0.4, -0.2) is 53.1 Å². The fraction of sp³-hybridized carbons (Fsp3) is 0.435. The summed E-state index contributed by atoms with van der Waals surface area (Å²) < 4.78 is 6.78. The minimum Gasteiger partial charge on any atom is -0.497 e. The van der Waals surface area contributed by atoms with Crippen molar-refractivity contribution < 1.29 is 14.3 Å². The van der Waals surface area contributed by atoms with Crippen molar-refractivity contribution in [1.82, 2.24) is 19.9 Å². The molecule has 1 aromatic carbocycles. The molecule has 2 N–H and O–H groups in total. The number of methoxy groups -OCH3 is 1. The van der Waals surface area contributed by atoms with Gasteiger partial charge < -0.3 is 20.3 Å². The van der Waals surface area contributed by atoms with Crippen molar-refractivity contribution in [2.24, 2.45) is 5.92 Å². The molecule has 180 valence electrons. The van der Waals surface area contributed by atoms with Crippen LogP contribution in [0, 0.1) is 5.92 Å². The molecule has 34 heavy (non-hydrogen) atoms. The summed E-state index contributed by atoms with van der Waals surface area (Å²) in [6.07, 6.45) is 3.96. The standard InChI is InChI=1S/C23H28N6O4S/c1-3-10-24-21(31)15-5-4-11-28(12-15)23-27-20-19(34-23)22(32)29(14-25-20)13-18(30)26-16-6-8-17(33-2)9-7-16/h6-9,14-15H,3-5,10-13H2,1-2H3,(H,24,31)(H,26,30)/t15-/m1/s1. The summed E-state index contributed by atoms with van der Waals surface area (Å²) in [4.78, 5) is 48.7. The lowest BCUT2D eigenvalue weighted by Gasteiger charge is -2.31. The van der Waals surface area contributed by atoms with Crippen LogP contribution >= 0.6 is 11.3 Å². The summed E-state index contributed by atoms with van der Waals surface area (Å²) in [5.41, 5.74) is 0.651. The van der Waals surface area contributed by atoms with Crippen LogP contribution in [0.25, 0.3) is 10.3 Å². The minimum absolute atomic E-state index is 0.0658. The van der Waals surface area contributed by atoms with E-state index in [1.165, 1.54) is 22.2 Å². The lowest BCUT2D eigenvalue weighted by atomic mass is 9.97. The van der Waals surface area contributed by atoms with Crippen molar-refractivity contribution >= 4 is 44.3 Å². The fourth-order valence-electron chi connectivity index (χ4n) is 3.87. The van der Waals surface area contributed by atoms with Gasteiger partial charge >= 0.3 is 0 Å². The van der Waals surface area contributed by atoms with E-state index in [0.29, 0.717) is 40.0 Å². The first-order chi connectivity index (χ1) is 16.5. The number of fused-ring (bicyclic) bond motifs is 1. The molecule has 11 heteroatoms. The van der Waals surface area contributed by atoms with Crippen LogP contribution in [0.2, 0.25) is 0 Å². The number of thiazole rings is 1. The van der Waals surface area contributed by atoms with Crippen LogP contribution in [-0.2, 0) is 16.1 Å². The molecule has 0 bridgehead atoms. The molecule has 1 aliphatic rings. The maximum Gasteiger partial charge on any atom is 0.273 e. The molecule has 0 saturated carbocycles. The first-order valence-corrected chi connectivity index (χ1v) is 12.1. The Bertz CT molecular complexity index is 1220. The van der Waals surface area contributed by atoms with Gasteiger partial charge in [-0.3, -0.25) is 19.0 Å². The van der Waals surface area contributed by atoms with Gasteiger partial charge in [0.15, 0.2) is 10.8 Å². The molecule has 10 nitrogen and oxygen atoms in total. The van der Waals surface area contributed by atoms with Gasteiger partial charge in [0, 0.05) is 25.3 Å². The van der Waals surface area contributed by atoms with Crippen molar-refractivity contribution in [1.29, 1.82) is 0 Å². The Kier molecular flexibility index (Phi) is 7.41. The van der Waals surface area contributed by atoms with Gasteiger partial charge in [-0.05, 0) is 43.5 Å². The van der Waals surface area contributed by atoms with E-state index in [-0.39, 0.29) is 29.8 Å². The SMILES string of the molecule is CCCNC(=O)[C@@H]1CCCN(c2nc3ncn(CC(=O)Nc4ccc(OC)cc4)c(=O)c3s2)C1. The number of piperidine rings is 1. The van der Waals surface area contributed by atoms with Crippen LogP contribution in [0.3, 0.4) is 0 Å².